The average Bonchev–Trinajstić information content (AvgIpc) is 2.67. The van der Waals surface area contributed by atoms with Gasteiger partial charge in [0.2, 0.25) is 0 Å². The van der Waals surface area contributed by atoms with Crippen molar-refractivity contribution in [1.82, 2.24) is 20.8 Å². The first-order chi connectivity index (χ1) is 6.42. The molecule has 2 rings (SSSR count). The maximum atomic E-state index is 5.64. The van der Waals surface area contributed by atoms with E-state index in [0.717, 1.165) is 12.2 Å². The van der Waals surface area contributed by atoms with E-state index in [1.165, 1.54) is 0 Å². The number of hydrazine groups is 1. The largest absolute Gasteiger partial charge is 0.330 e. The Hall–Kier alpha value is -1.04. The van der Waals surface area contributed by atoms with Crippen molar-refractivity contribution in [1.29, 1.82) is 0 Å². The Labute approximate surface area is 76.7 Å². The Morgan fingerprint density at radius 1 is 1.62 bits per heavy atom. The van der Waals surface area contributed by atoms with E-state index in [1.807, 2.05) is 6.07 Å². The van der Waals surface area contributed by atoms with Gasteiger partial charge in [0.25, 0.3) is 0 Å². The van der Waals surface area contributed by atoms with Gasteiger partial charge < -0.3 is 5.73 Å². The molecule has 0 aromatic carbocycles. The lowest BCUT2D eigenvalue weighted by Crippen LogP contribution is -2.26. The lowest BCUT2D eigenvalue weighted by atomic mass is 9.99. The van der Waals surface area contributed by atoms with Gasteiger partial charge in [-0.3, -0.25) is 5.43 Å². The zero-order valence-corrected chi connectivity index (χ0v) is 7.27. The molecular weight excluding hydrogens is 166 g/mol. The molecule has 0 radical (unpaired) electrons. The van der Waals surface area contributed by atoms with E-state index in [2.05, 4.69) is 20.8 Å². The quantitative estimate of drug-likeness (QED) is 0.554. The zero-order chi connectivity index (χ0) is 9.10. The zero-order valence-electron chi connectivity index (χ0n) is 7.27. The van der Waals surface area contributed by atoms with E-state index in [0.29, 0.717) is 12.5 Å². The first-order valence-electron chi connectivity index (χ1n) is 4.36. The van der Waals surface area contributed by atoms with E-state index in [-0.39, 0.29) is 6.04 Å². The van der Waals surface area contributed by atoms with E-state index in [1.54, 1.807) is 12.5 Å². The fraction of sp³-hybridized carbons (Fsp3) is 0.500. The number of hydrogen-bond acceptors (Lipinski definition) is 5. The fourth-order valence-corrected chi connectivity index (χ4v) is 1.56. The molecule has 1 aromatic heterocycles. The van der Waals surface area contributed by atoms with Crippen LogP contribution in [0.4, 0.5) is 0 Å². The van der Waals surface area contributed by atoms with E-state index >= 15 is 0 Å². The molecule has 1 aliphatic rings. The summed E-state index contributed by atoms with van der Waals surface area (Å²) in [6.07, 6.45) is 3.30. The SMILES string of the molecule is NCC1CNNC1c1ccncn1. The van der Waals surface area contributed by atoms with E-state index < -0.39 is 0 Å². The van der Waals surface area contributed by atoms with Gasteiger partial charge in [0.05, 0.1) is 11.7 Å². The van der Waals surface area contributed by atoms with Gasteiger partial charge in [-0.1, -0.05) is 0 Å². The third-order valence-electron chi connectivity index (χ3n) is 2.32. The lowest BCUT2D eigenvalue weighted by molar-refractivity contribution is 0.472. The van der Waals surface area contributed by atoms with Gasteiger partial charge in [-0.15, -0.1) is 0 Å². The van der Waals surface area contributed by atoms with Crippen LogP contribution in [0.25, 0.3) is 0 Å². The molecule has 1 fully saturated rings. The minimum Gasteiger partial charge on any atom is -0.330 e. The van der Waals surface area contributed by atoms with Crippen LogP contribution in [0.5, 0.6) is 0 Å². The van der Waals surface area contributed by atoms with Crippen molar-refractivity contribution >= 4 is 0 Å². The standard InChI is InChI=1S/C8H13N5/c9-3-6-4-12-13-8(6)7-1-2-10-5-11-7/h1-2,5-6,8,12-13H,3-4,9H2. The van der Waals surface area contributed by atoms with Gasteiger partial charge in [0, 0.05) is 18.7 Å². The van der Waals surface area contributed by atoms with Crippen molar-refractivity contribution in [3.05, 3.63) is 24.3 Å². The molecule has 0 amide bonds. The van der Waals surface area contributed by atoms with Crippen LogP contribution >= 0.6 is 0 Å². The number of rotatable bonds is 2. The molecule has 2 atom stereocenters. The number of nitrogens with one attached hydrogen (secondary N) is 2. The maximum absolute atomic E-state index is 5.64. The topological polar surface area (TPSA) is 75.9 Å². The molecule has 1 saturated heterocycles. The van der Waals surface area contributed by atoms with Gasteiger partial charge in [-0.05, 0) is 12.6 Å². The molecule has 5 nitrogen and oxygen atoms in total. The summed E-state index contributed by atoms with van der Waals surface area (Å²) < 4.78 is 0. The molecule has 70 valence electrons. The Morgan fingerprint density at radius 2 is 2.54 bits per heavy atom. The molecule has 13 heavy (non-hydrogen) atoms. The summed E-state index contributed by atoms with van der Waals surface area (Å²) in [6.45, 7) is 1.56. The molecule has 4 N–H and O–H groups in total. The van der Waals surface area contributed by atoms with Gasteiger partial charge in [0.1, 0.15) is 6.33 Å². The molecular formula is C8H13N5. The highest BCUT2D eigenvalue weighted by molar-refractivity contribution is 5.08. The van der Waals surface area contributed by atoms with Crippen LogP contribution in [0.3, 0.4) is 0 Å². The van der Waals surface area contributed by atoms with Crippen molar-refractivity contribution < 1.29 is 0 Å². The van der Waals surface area contributed by atoms with Crippen LogP contribution in [0.1, 0.15) is 11.7 Å². The molecule has 0 aliphatic carbocycles. The summed E-state index contributed by atoms with van der Waals surface area (Å²) in [5.41, 5.74) is 12.9. The molecule has 2 heterocycles. The van der Waals surface area contributed by atoms with Crippen molar-refractivity contribution in [2.24, 2.45) is 11.7 Å². The van der Waals surface area contributed by atoms with Crippen molar-refractivity contribution in [3.63, 3.8) is 0 Å². The molecule has 0 saturated carbocycles. The van der Waals surface area contributed by atoms with Crippen LogP contribution < -0.4 is 16.6 Å². The average molecular weight is 179 g/mol. The summed E-state index contributed by atoms with van der Waals surface area (Å²) in [4.78, 5) is 8.07. The number of aromatic nitrogens is 2. The summed E-state index contributed by atoms with van der Waals surface area (Å²) in [5.74, 6) is 0.412. The van der Waals surface area contributed by atoms with Crippen LogP contribution in [0, 0.1) is 5.92 Å². The van der Waals surface area contributed by atoms with Crippen molar-refractivity contribution in [3.8, 4) is 0 Å². The van der Waals surface area contributed by atoms with Gasteiger partial charge in [-0.2, -0.15) is 0 Å². The van der Waals surface area contributed by atoms with Crippen molar-refractivity contribution in [2.75, 3.05) is 13.1 Å². The highest BCUT2D eigenvalue weighted by Gasteiger charge is 2.27. The smallest absolute Gasteiger partial charge is 0.115 e. The second-order valence-corrected chi connectivity index (χ2v) is 3.13. The second-order valence-electron chi connectivity index (χ2n) is 3.13. The third-order valence-corrected chi connectivity index (χ3v) is 2.32. The summed E-state index contributed by atoms with van der Waals surface area (Å²) in [6, 6.07) is 2.13. The Bertz CT molecular complexity index is 262. The molecule has 2 unspecified atom stereocenters. The molecule has 0 bridgehead atoms. The third kappa shape index (κ3) is 1.67. The van der Waals surface area contributed by atoms with Crippen LogP contribution in [-0.4, -0.2) is 23.1 Å². The highest BCUT2D eigenvalue weighted by atomic mass is 15.4. The van der Waals surface area contributed by atoms with Gasteiger partial charge in [0.15, 0.2) is 0 Å². The van der Waals surface area contributed by atoms with Gasteiger partial charge >= 0.3 is 0 Å². The molecule has 0 spiro atoms. The monoisotopic (exact) mass is 179 g/mol. The van der Waals surface area contributed by atoms with Crippen LogP contribution in [0.15, 0.2) is 18.6 Å². The molecule has 5 heteroatoms. The molecule has 1 aromatic rings. The Kier molecular flexibility index (Phi) is 2.49. The molecule has 1 aliphatic heterocycles. The maximum Gasteiger partial charge on any atom is 0.115 e. The van der Waals surface area contributed by atoms with Crippen molar-refractivity contribution in [2.45, 2.75) is 6.04 Å². The first-order valence-corrected chi connectivity index (χ1v) is 4.36. The summed E-state index contributed by atoms with van der Waals surface area (Å²) in [7, 11) is 0. The Morgan fingerprint density at radius 3 is 3.23 bits per heavy atom. The predicted octanol–water partition coefficient (Wildman–Crippen LogP) is -0.800. The number of nitrogens with two attached hydrogens (primary N) is 1. The number of hydrogen-bond donors (Lipinski definition) is 3. The van der Waals surface area contributed by atoms with Crippen LogP contribution in [0.2, 0.25) is 0 Å². The normalized spacial score (nSPS) is 27.8. The fourth-order valence-electron chi connectivity index (χ4n) is 1.56. The van der Waals surface area contributed by atoms with E-state index in [4.69, 9.17) is 5.73 Å². The minimum absolute atomic E-state index is 0.216. The number of nitrogens with zero attached hydrogens (tertiary/aromatic N) is 2. The first kappa shape index (κ1) is 8.55. The summed E-state index contributed by atoms with van der Waals surface area (Å²) in [5, 5.41) is 0. The van der Waals surface area contributed by atoms with E-state index in [9.17, 15) is 0 Å². The second kappa shape index (κ2) is 3.78. The minimum atomic E-state index is 0.216. The van der Waals surface area contributed by atoms with Gasteiger partial charge in [-0.25, -0.2) is 15.4 Å². The summed E-state index contributed by atoms with van der Waals surface area (Å²) >= 11 is 0. The van der Waals surface area contributed by atoms with Crippen LogP contribution in [-0.2, 0) is 0 Å². The predicted molar refractivity (Wildman–Crippen MR) is 48.5 cm³/mol. The lowest BCUT2D eigenvalue weighted by Gasteiger charge is -2.14. The Balaban J connectivity index is 2.16. The highest BCUT2D eigenvalue weighted by Crippen LogP contribution is 2.21.